The Morgan fingerprint density at radius 3 is 2.80 bits per heavy atom. The standard InChI is InChI=1S/C15H19BrN2OS/c1-10(2)7-17-8-12-4-5-14(13(16)6-12)20-15-18-11(3)9-19-15/h4-6,9-10,17H,7-8H2,1-3H3. The van der Waals surface area contributed by atoms with Gasteiger partial charge in [0.25, 0.3) is 5.22 Å². The molecule has 1 N–H and O–H groups in total. The van der Waals surface area contributed by atoms with Gasteiger partial charge in [0, 0.05) is 15.9 Å². The van der Waals surface area contributed by atoms with Crippen LogP contribution in [0.25, 0.3) is 0 Å². The number of aromatic nitrogens is 1. The first-order chi connectivity index (χ1) is 9.54. The molecule has 108 valence electrons. The van der Waals surface area contributed by atoms with Gasteiger partial charge >= 0.3 is 0 Å². The number of oxazole rings is 1. The van der Waals surface area contributed by atoms with E-state index < -0.39 is 0 Å². The van der Waals surface area contributed by atoms with E-state index >= 15 is 0 Å². The predicted molar refractivity (Wildman–Crippen MR) is 86.0 cm³/mol. The molecule has 2 rings (SSSR count). The minimum Gasteiger partial charge on any atom is -0.439 e. The highest BCUT2D eigenvalue weighted by atomic mass is 79.9. The highest BCUT2D eigenvalue weighted by Crippen LogP contribution is 2.33. The third-order valence-electron chi connectivity index (χ3n) is 2.67. The van der Waals surface area contributed by atoms with Crippen LogP contribution >= 0.6 is 27.7 Å². The molecule has 1 heterocycles. The Labute approximate surface area is 132 Å². The second kappa shape index (κ2) is 7.29. The molecule has 0 spiro atoms. The van der Waals surface area contributed by atoms with E-state index in [0.717, 1.165) is 28.2 Å². The van der Waals surface area contributed by atoms with Gasteiger partial charge < -0.3 is 9.73 Å². The van der Waals surface area contributed by atoms with Crippen molar-refractivity contribution in [3.8, 4) is 0 Å². The average molecular weight is 355 g/mol. The molecular formula is C15H19BrN2OS. The smallest absolute Gasteiger partial charge is 0.260 e. The van der Waals surface area contributed by atoms with Gasteiger partial charge in [-0.25, -0.2) is 4.98 Å². The molecule has 0 radical (unpaired) electrons. The molecule has 5 heteroatoms. The highest BCUT2D eigenvalue weighted by molar-refractivity contribution is 9.10. The van der Waals surface area contributed by atoms with Gasteiger partial charge in [0.05, 0.1) is 5.69 Å². The molecule has 0 fully saturated rings. The number of halogens is 1. The van der Waals surface area contributed by atoms with Gasteiger partial charge in [-0.15, -0.1) is 0 Å². The summed E-state index contributed by atoms with van der Waals surface area (Å²) in [5.74, 6) is 0.668. The molecule has 0 unspecified atom stereocenters. The first kappa shape index (κ1) is 15.6. The largest absolute Gasteiger partial charge is 0.439 e. The lowest BCUT2D eigenvalue weighted by molar-refractivity contribution is 0.454. The van der Waals surface area contributed by atoms with Crippen LogP contribution in [0.3, 0.4) is 0 Å². The topological polar surface area (TPSA) is 38.1 Å². The maximum atomic E-state index is 5.36. The molecule has 0 amide bonds. The molecule has 2 aromatic rings. The Balaban J connectivity index is 1.98. The third kappa shape index (κ3) is 4.65. The zero-order valence-corrected chi connectivity index (χ0v) is 14.3. The summed E-state index contributed by atoms with van der Waals surface area (Å²) >= 11 is 5.14. The fraction of sp³-hybridized carbons (Fsp3) is 0.400. The number of benzene rings is 1. The zero-order valence-electron chi connectivity index (χ0n) is 11.9. The first-order valence-corrected chi connectivity index (χ1v) is 8.24. The van der Waals surface area contributed by atoms with E-state index in [9.17, 15) is 0 Å². The first-order valence-electron chi connectivity index (χ1n) is 6.63. The van der Waals surface area contributed by atoms with Gasteiger partial charge in [0.15, 0.2) is 0 Å². The SMILES string of the molecule is Cc1coc(Sc2ccc(CNCC(C)C)cc2Br)n1. The summed E-state index contributed by atoms with van der Waals surface area (Å²) in [6.07, 6.45) is 1.67. The molecule has 0 aliphatic heterocycles. The summed E-state index contributed by atoms with van der Waals surface area (Å²) in [7, 11) is 0. The Kier molecular flexibility index (Phi) is 5.69. The van der Waals surface area contributed by atoms with Gasteiger partial charge in [-0.1, -0.05) is 19.9 Å². The van der Waals surface area contributed by atoms with Crippen molar-refractivity contribution in [1.29, 1.82) is 0 Å². The van der Waals surface area contributed by atoms with E-state index in [1.807, 2.05) is 6.92 Å². The summed E-state index contributed by atoms with van der Waals surface area (Å²) in [6.45, 7) is 8.26. The van der Waals surface area contributed by atoms with Crippen molar-refractivity contribution < 1.29 is 4.42 Å². The number of aryl methyl sites for hydroxylation is 1. The monoisotopic (exact) mass is 354 g/mol. The van der Waals surface area contributed by atoms with Crippen molar-refractivity contribution in [2.24, 2.45) is 5.92 Å². The fourth-order valence-corrected chi connectivity index (χ4v) is 3.15. The van der Waals surface area contributed by atoms with E-state index in [0.29, 0.717) is 11.1 Å². The van der Waals surface area contributed by atoms with Crippen LogP contribution in [0, 0.1) is 12.8 Å². The van der Waals surface area contributed by atoms with Crippen LogP contribution in [0.2, 0.25) is 0 Å². The van der Waals surface area contributed by atoms with E-state index in [1.165, 1.54) is 17.3 Å². The molecule has 3 nitrogen and oxygen atoms in total. The average Bonchev–Trinajstić information content (AvgIpc) is 2.78. The van der Waals surface area contributed by atoms with Crippen molar-refractivity contribution in [2.75, 3.05) is 6.54 Å². The summed E-state index contributed by atoms with van der Waals surface area (Å²) in [5.41, 5.74) is 2.17. The summed E-state index contributed by atoms with van der Waals surface area (Å²) in [5, 5.41) is 4.12. The summed E-state index contributed by atoms with van der Waals surface area (Å²) < 4.78 is 6.43. The van der Waals surface area contributed by atoms with Gasteiger partial charge in [-0.2, -0.15) is 0 Å². The molecule has 0 aliphatic rings. The summed E-state index contributed by atoms with van der Waals surface area (Å²) in [4.78, 5) is 5.41. The maximum Gasteiger partial charge on any atom is 0.260 e. The van der Waals surface area contributed by atoms with Crippen LogP contribution in [0.15, 0.2) is 43.5 Å². The number of nitrogens with zero attached hydrogens (tertiary/aromatic N) is 1. The number of nitrogens with one attached hydrogen (secondary N) is 1. The minimum atomic E-state index is 0.668. The summed E-state index contributed by atoms with van der Waals surface area (Å²) in [6, 6.07) is 6.38. The second-order valence-electron chi connectivity index (χ2n) is 5.15. The van der Waals surface area contributed by atoms with E-state index in [2.05, 4.69) is 58.3 Å². The maximum absolute atomic E-state index is 5.36. The lowest BCUT2D eigenvalue weighted by atomic mass is 10.2. The Hall–Kier alpha value is -0.780. The van der Waals surface area contributed by atoms with Crippen LogP contribution in [0.5, 0.6) is 0 Å². The lowest BCUT2D eigenvalue weighted by Crippen LogP contribution is -2.18. The molecule has 0 bridgehead atoms. The number of hydrogen-bond donors (Lipinski definition) is 1. The Bertz CT molecular complexity index is 569. The Morgan fingerprint density at radius 1 is 1.40 bits per heavy atom. The van der Waals surface area contributed by atoms with Gasteiger partial charge in [-0.05, 0) is 64.8 Å². The van der Waals surface area contributed by atoms with Gasteiger partial charge in [0.2, 0.25) is 0 Å². The van der Waals surface area contributed by atoms with Crippen molar-refractivity contribution >= 4 is 27.7 Å². The van der Waals surface area contributed by atoms with Crippen LogP contribution in [-0.2, 0) is 6.54 Å². The van der Waals surface area contributed by atoms with E-state index in [-0.39, 0.29) is 0 Å². The molecule has 1 aromatic carbocycles. The molecule has 0 atom stereocenters. The van der Waals surface area contributed by atoms with Crippen LogP contribution in [0.4, 0.5) is 0 Å². The van der Waals surface area contributed by atoms with Crippen molar-refractivity contribution in [1.82, 2.24) is 10.3 Å². The van der Waals surface area contributed by atoms with E-state index in [1.54, 1.807) is 6.26 Å². The van der Waals surface area contributed by atoms with Crippen LogP contribution < -0.4 is 5.32 Å². The second-order valence-corrected chi connectivity index (χ2v) is 6.99. The number of rotatable bonds is 6. The molecular weight excluding hydrogens is 336 g/mol. The van der Waals surface area contributed by atoms with Crippen molar-refractivity contribution in [3.05, 3.63) is 40.2 Å². The van der Waals surface area contributed by atoms with Crippen molar-refractivity contribution in [3.63, 3.8) is 0 Å². The molecule has 0 saturated heterocycles. The van der Waals surface area contributed by atoms with Crippen LogP contribution in [-0.4, -0.2) is 11.5 Å². The Morgan fingerprint density at radius 2 is 2.20 bits per heavy atom. The zero-order chi connectivity index (χ0) is 14.5. The lowest BCUT2D eigenvalue weighted by Gasteiger charge is -2.09. The normalized spacial score (nSPS) is 11.2. The van der Waals surface area contributed by atoms with Crippen molar-refractivity contribution in [2.45, 2.75) is 37.4 Å². The van der Waals surface area contributed by atoms with Gasteiger partial charge in [-0.3, -0.25) is 0 Å². The van der Waals surface area contributed by atoms with E-state index in [4.69, 9.17) is 4.42 Å². The van der Waals surface area contributed by atoms with Gasteiger partial charge in [0.1, 0.15) is 6.26 Å². The molecule has 1 aromatic heterocycles. The third-order valence-corrected chi connectivity index (χ3v) is 4.53. The molecule has 20 heavy (non-hydrogen) atoms. The molecule has 0 aliphatic carbocycles. The number of hydrogen-bond acceptors (Lipinski definition) is 4. The van der Waals surface area contributed by atoms with Crippen LogP contribution in [0.1, 0.15) is 25.1 Å². The minimum absolute atomic E-state index is 0.668. The quantitative estimate of drug-likeness (QED) is 0.819. The highest BCUT2D eigenvalue weighted by Gasteiger charge is 2.08. The fourth-order valence-electron chi connectivity index (χ4n) is 1.72. The molecule has 0 saturated carbocycles. The predicted octanol–water partition coefficient (Wildman–Crippen LogP) is 4.64.